The van der Waals surface area contributed by atoms with Gasteiger partial charge in [0.25, 0.3) is 5.91 Å². The fourth-order valence-corrected chi connectivity index (χ4v) is 1.77. The molecule has 0 atom stereocenters. The molecule has 0 aromatic heterocycles. The van der Waals surface area contributed by atoms with Gasteiger partial charge in [0.15, 0.2) is 0 Å². The van der Waals surface area contributed by atoms with Gasteiger partial charge in [0.2, 0.25) is 5.91 Å². The molecule has 0 aliphatic heterocycles. The smallest absolute Gasteiger partial charge is 0.352 e. The van der Waals surface area contributed by atoms with Gasteiger partial charge >= 0.3 is 6.18 Å². The van der Waals surface area contributed by atoms with Crippen LogP contribution in [0.15, 0.2) is 18.2 Å². The number of rotatable bonds is 6. The van der Waals surface area contributed by atoms with Gasteiger partial charge in [-0.1, -0.05) is 0 Å². The van der Waals surface area contributed by atoms with Gasteiger partial charge in [-0.3, -0.25) is 9.59 Å². The van der Waals surface area contributed by atoms with E-state index in [2.05, 4.69) is 10.6 Å². The molecule has 122 valence electrons. The third-order valence-corrected chi connectivity index (χ3v) is 2.76. The van der Waals surface area contributed by atoms with E-state index in [4.69, 9.17) is 5.73 Å². The Kier molecular flexibility index (Phi) is 6.36. The molecule has 1 rings (SSSR count). The molecule has 4 N–H and O–H groups in total. The maximum absolute atomic E-state index is 12.8. The molecule has 0 fully saturated rings. The molecule has 0 radical (unpaired) electrons. The Morgan fingerprint density at radius 3 is 2.41 bits per heavy atom. The van der Waals surface area contributed by atoms with Crippen LogP contribution in [0, 0.1) is 0 Å². The van der Waals surface area contributed by atoms with Crippen LogP contribution in [0.2, 0.25) is 0 Å². The number of halogens is 3. The fourth-order valence-electron chi connectivity index (χ4n) is 1.77. The van der Waals surface area contributed by atoms with E-state index in [9.17, 15) is 22.8 Å². The molecule has 0 spiro atoms. The van der Waals surface area contributed by atoms with Crippen molar-refractivity contribution in [2.75, 3.05) is 18.4 Å². The highest BCUT2D eigenvalue weighted by molar-refractivity contribution is 5.97. The summed E-state index contributed by atoms with van der Waals surface area (Å²) >= 11 is 0. The largest absolute Gasteiger partial charge is 0.416 e. The molecule has 0 heterocycles. The Labute approximate surface area is 126 Å². The Morgan fingerprint density at radius 2 is 1.86 bits per heavy atom. The first-order valence-corrected chi connectivity index (χ1v) is 6.72. The van der Waals surface area contributed by atoms with Crippen LogP contribution < -0.4 is 16.4 Å². The molecule has 8 heteroatoms. The van der Waals surface area contributed by atoms with Gasteiger partial charge in [-0.25, -0.2) is 0 Å². The normalized spacial score (nSPS) is 11.1. The molecular formula is C14H18F3N3O2. The lowest BCUT2D eigenvalue weighted by molar-refractivity contribution is -0.137. The average Bonchev–Trinajstić information content (AvgIpc) is 2.41. The summed E-state index contributed by atoms with van der Waals surface area (Å²) in [5.41, 5.74) is 4.08. The Balaban J connectivity index is 2.96. The van der Waals surface area contributed by atoms with Crippen LogP contribution in [-0.4, -0.2) is 24.9 Å². The van der Waals surface area contributed by atoms with E-state index in [0.717, 1.165) is 12.1 Å². The molecule has 1 aromatic rings. The van der Waals surface area contributed by atoms with Crippen LogP contribution in [0.3, 0.4) is 0 Å². The molecule has 5 nitrogen and oxygen atoms in total. The first-order valence-electron chi connectivity index (χ1n) is 6.72. The molecule has 0 aliphatic carbocycles. The van der Waals surface area contributed by atoms with Crippen molar-refractivity contribution in [3.05, 3.63) is 29.3 Å². The first-order chi connectivity index (χ1) is 10.2. The van der Waals surface area contributed by atoms with Gasteiger partial charge in [0, 0.05) is 24.7 Å². The molecule has 0 aliphatic rings. The highest BCUT2D eigenvalue weighted by atomic mass is 19.4. The highest BCUT2D eigenvalue weighted by Crippen LogP contribution is 2.32. The van der Waals surface area contributed by atoms with Crippen molar-refractivity contribution in [3.8, 4) is 0 Å². The van der Waals surface area contributed by atoms with Crippen LogP contribution in [0.5, 0.6) is 0 Å². The minimum absolute atomic E-state index is 0.0746. The first kappa shape index (κ1) is 18.0. The predicted octanol–water partition coefficient (Wildman–Crippen LogP) is 2.13. The van der Waals surface area contributed by atoms with Gasteiger partial charge in [0.05, 0.1) is 5.56 Å². The highest BCUT2D eigenvalue weighted by Gasteiger charge is 2.31. The summed E-state index contributed by atoms with van der Waals surface area (Å²) in [6.07, 6.45) is -3.26. The molecule has 0 saturated carbocycles. The van der Waals surface area contributed by atoms with E-state index in [0.29, 0.717) is 25.9 Å². The molecular weight excluding hydrogens is 299 g/mol. The summed E-state index contributed by atoms with van der Waals surface area (Å²) in [7, 11) is 0. The van der Waals surface area contributed by atoms with Gasteiger partial charge in [-0.05, 0) is 37.6 Å². The van der Waals surface area contributed by atoms with Gasteiger partial charge in [-0.15, -0.1) is 0 Å². The number of unbranched alkanes of at least 4 members (excludes halogenated alkanes) is 1. The molecule has 22 heavy (non-hydrogen) atoms. The van der Waals surface area contributed by atoms with Crippen molar-refractivity contribution < 1.29 is 22.8 Å². The number of nitrogens with two attached hydrogens (primary N) is 1. The average molecular weight is 317 g/mol. The third-order valence-electron chi connectivity index (χ3n) is 2.76. The van der Waals surface area contributed by atoms with E-state index in [1.165, 1.54) is 13.0 Å². The topological polar surface area (TPSA) is 84.2 Å². The maximum Gasteiger partial charge on any atom is 0.416 e. The quantitative estimate of drug-likeness (QED) is 0.703. The van der Waals surface area contributed by atoms with E-state index >= 15 is 0 Å². The number of hydrogen-bond donors (Lipinski definition) is 3. The molecule has 0 unspecified atom stereocenters. The number of amides is 2. The molecule has 2 amide bonds. The van der Waals surface area contributed by atoms with Crippen molar-refractivity contribution in [1.82, 2.24) is 5.32 Å². The zero-order valence-corrected chi connectivity index (χ0v) is 12.1. The van der Waals surface area contributed by atoms with Gasteiger partial charge < -0.3 is 16.4 Å². The third kappa shape index (κ3) is 5.72. The monoisotopic (exact) mass is 317 g/mol. The number of carbonyl (C=O) groups excluding carboxylic acids is 2. The number of alkyl halides is 3. The lowest BCUT2D eigenvalue weighted by atomic mass is 10.1. The van der Waals surface area contributed by atoms with E-state index in [1.807, 2.05) is 0 Å². The standard InChI is InChI=1S/C14H18F3N3O2/c1-9(21)20-12-7-10(6-11(8-12)14(15,16)17)13(22)19-5-3-2-4-18/h6-8H,2-5,18H2,1H3,(H,19,22)(H,20,21). The summed E-state index contributed by atoms with van der Waals surface area (Å²) in [5, 5.41) is 4.77. The maximum atomic E-state index is 12.8. The van der Waals surface area contributed by atoms with Crippen molar-refractivity contribution >= 4 is 17.5 Å². The number of carbonyl (C=O) groups is 2. The van der Waals surface area contributed by atoms with E-state index in [1.54, 1.807) is 0 Å². The summed E-state index contributed by atoms with van der Waals surface area (Å²) in [4.78, 5) is 22.9. The second-order valence-electron chi connectivity index (χ2n) is 4.73. The van der Waals surface area contributed by atoms with E-state index in [-0.39, 0.29) is 11.3 Å². The summed E-state index contributed by atoms with van der Waals surface area (Å²) in [6.45, 7) is 1.97. The van der Waals surface area contributed by atoms with Crippen molar-refractivity contribution in [2.24, 2.45) is 5.73 Å². The van der Waals surface area contributed by atoms with Crippen LogP contribution in [0.1, 0.15) is 35.7 Å². The second-order valence-corrected chi connectivity index (χ2v) is 4.73. The minimum atomic E-state index is -4.61. The number of hydrogen-bond acceptors (Lipinski definition) is 3. The van der Waals surface area contributed by atoms with Crippen LogP contribution >= 0.6 is 0 Å². The van der Waals surface area contributed by atoms with Crippen LogP contribution in [-0.2, 0) is 11.0 Å². The summed E-state index contributed by atoms with van der Waals surface area (Å²) in [6, 6.07) is 2.74. The van der Waals surface area contributed by atoms with Crippen molar-refractivity contribution in [3.63, 3.8) is 0 Å². The van der Waals surface area contributed by atoms with Gasteiger partial charge in [0.1, 0.15) is 0 Å². The fraction of sp³-hybridized carbons (Fsp3) is 0.429. The zero-order valence-electron chi connectivity index (χ0n) is 12.1. The SMILES string of the molecule is CC(=O)Nc1cc(C(=O)NCCCCN)cc(C(F)(F)F)c1. The predicted molar refractivity (Wildman–Crippen MR) is 76.4 cm³/mol. The Hall–Kier alpha value is -2.09. The van der Waals surface area contributed by atoms with Crippen LogP contribution in [0.4, 0.5) is 18.9 Å². The molecule has 1 aromatic carbocycles. The van der Waals surface area contributed by atoms with Crippen LogP contribution in [0.25, 0.3) is 0 Å². The Bertz CT molecular complexity index is 545. The van der Waals surface area contributed by atoms with Gasteiger partial charge in [-0.2, -0.15) is 13.2 Å². The minimum Gasteiger partial charge on any atom is -0.352 e. The van der Waals surface area contributed by atoms with Crippen molar-refractivity contribution in [2.45, 2.75) is 25.9 Å². The second kappa shape index (κ2) is 7.79. The lowest BCUT2D eigenvalue weighted by Gasteiger charge is -2.12. The Morgan fingerprint density at radius 1 is 1.18 bits per heavy atom. The lowest BCUT2D eigenvalue weighted by Crippen LogP contribution is -2.25. The number of benzene rings is 1. The molecule has 0 saturated heterocycles. The summed E-state index contributed by atoms with van der Waals surface area (Å²) < 4.78 is 38.5. The number of anilines is 1. The summed E-state index contributed by atoms with van der Waals surface area (Å²) in [5.74, 6) is -1.15. The molecule has 0 bridgehead atoms. The zero-order chi connectivity index (χ0) is 16.8. The van der Waals surface area contributed by atoms with Crippen molar-refractivity contribution in [1.29, 1.82) is 0 Å². The van der Waals surface area contributed by atoms with E-state index < -0.39 is 23.6 Å². The number of nitrogens with one attached hydrogen (secondary N) is 2.